The van der Waals surface area contributed by atoms with E-state index in [1.54, 1.807) is 0 Å². The maximum atomic E-state index is 13.2. The highest BCUT2D eigenvalue weighted by Crippen LogP contribution is 2.37. The monoisotopic (exact) mass is 430 g/mol. The van der Waals surface area contributed by atoms with E-state index in [9.17, 15) is 22.0 Å². The summed E-state index contributed by atoms with van der Waals surface area (Å²) in [5.41, 5.74) is -1.91. The van der Waals surface area contributed by atoms with Crippen LogP contribution in [0.4, 0.5) is 33.5 Å². The molecule has 30 heavy (non-hydrogen) atoms. The van der Waals surface area contributed by atoms with Gasteiger partial charge in [-0.2, -0.15) is 22.0 Å². The molecule has 1 fully saturated rings. The molecule has 0 amide bonds. The summed E-state index contributed by atoms with van der Waals surface area (Å²) in [5.74, 6) is -0.204. The number of ether oxygens (including phenoxy) is 1. The summed E-state index contributed by atoms with van der Waals surface area (Å²) in [7, 11) is -0.950. The van der Waals surface area contributed by atoms with Crippen LogP contribution in [0.25, 0.3) is 0 Å². The van der Waals surface area contributed by atoms with Gasteiger partial charge >= 0.3 is 19.9 Å². The smallest absolute Gasteiger partial charge is 0.435 e. The van der Waals surface area contributed by atoms with Gasteiger partial charge in [0.25, 0.3) is 0 Å². The summed E-state index contributed by atoms with van der Waals surface area (Å²) in [6, 6.07) is 7.38. The Morgan fingerprint density at radius 2 is 1.53 bits per heavy atom. The normalized spacial score (nSPS) is 18.0. The van der Waals surface area contributed by atoms with Gasteiger partial charge in [-0.15, -0.1) is 0 Å². The Hall–Kier alpha value is -2.40. The van der Waals surface area contributed by atoms with Crippen LogP contribution in [-0.4, -0.2) is 29.9 Å². The topological polar surface area (TPSA) is 52.6 Å². The van der Waals surface area contributed by atoms with Crippen LogP contribution < -0.4 is 15.5 Å². The van der Waals surface area contributed by atoms with E-state index < -0.39 is 36.8 Å². The number of rotatable bonds is 5. The van der Waals surface area contributed by atoms with E-state index >= 15 is 0 Å². The van der Waals surface area contributed by atoms with Crippen LogP contribution in [0.2, 0.25) is 0 Å². The molecule has 0 spiro atoms. The molecule has 0 aliphatic carbocycles. The minimum atomic E-state index is -4.65. The molecule has 0 radical (unpaired) electrons. The van der Waals surface area contributed by atoms with Gasteiger partial charge in [-0.1, -0.05) is 6.07 Å². The molecule has 0 atom stereocenters. The van der Waals surface area contributed by atoms with Crippen molar-refractivity contribution in [2.75, 3.05) is 5.32 Å². The second-order valence-corrected chi connectivity index (χ2v) is 7.75. The first-order valence-electron chi connectivity index (χ1n) is 9.04. The minimum absolute atomic E-state index is 0.0845. The molecule has 1 saturated heterocycles. The third-order valence-electron chi connectivity index (χ3n) is 5.07. The predicted octanol–water partition coefficient (Wildman–Crippen LogP) is 4.74. The Bertz CT molecular complexity index is 888. The van der Waals surface area contributed by atoms with Crippen molar-refractivity contribution in [2.45, 2.75) is 51.7 Å². The first-order chi connectivity index (χ1) is 13.8. The SMILES string of the molecule is CC1(C)OB(c2ccc(C(F)(F)F)nc2Nc2ccc(OC(F)F)cc2)OC1(C)C. The van der Waals surface area contributed by atoms with Crippen LogP contribution in [0.1, 0.15) is 33.4 Å². The average molecular weight is 430 g/mol. The zero-order chi connectivity index (χ0) is 22.3. The molecule has 1 aliphatic rings. The summed E-state index contributed by atoms with van der Waals surface area (Å²) < 4.78 is 80.3. The Morgan fingerprint density at radius 3 is 2.03 bits per heavy atom. The quantitative estimate of drug-likeness (QED) is 0.549. The number of nitrogens with zero attached hydrogens (tertiary/aromatic N) is 1. The van der Waals surface area contributed by atoms with Crippen molar-refractivity contribution >= 4 is 24.1 Å². The van der Waals surface area contributed by atoms with Crippen molar-refractivity contribution in [3.05, 3.63) is 42.1 Å². The molecule has 1 aliphatic heterocycles. The number of aromatic nitrogens is 1. The Kier molecular flexibility index (Phi) is 5.72. The van der Waals surface area contributed by atoms with E-state index in [0.717, 1.165) is 6.07 Å². The summed E-state index contributed by atoms with van der Waals surface area (Å²) >= 11 is 0. The van der Waals surface area contributed by atoms with Crippen LogP contribution >= 0.6 is 0 Å². The number of benzene rings is 1. The molecular formula is C19H20BF5N2O3. The van der Waals surface area contributed by atoms with Crippen LogP contribution in [0.3, 0.4) is 0 Å². The van der Waals surface area contributed by atoms with E-state index in [-0.39, 0.29) is 17.0 Å². The molecule has 5 nitrogen and oxygen atoms in total. The molecule has 1 aromatic carbocycles. The molecule has 1 N–H and O–H groups in total. The summed E-state index contributed by atoms with van der Waals surface area (Å²) in [6.45, 7) is 4.29. The largest absolute Gasteiger partial charge is 0.498 e. The van der Waals surface area contributed by atoms with Crippen molar-refractivity contribution in [2.24, 2.45) is 0 Å². The Balaban J connectivity index is 1.95. The zero-order valence-electron chi connectivity index (χ0n) is 16.7. The average Bonchev–Trinajstić information content (AvgIpc) is 2.83. The van der Waals surface area contributed by atoms with Crippen LogP contribution in [0, 0.1) is 0 Å². The van der Waals surface area contributed by atoms with E-state index in [4.69, 9.17) is 9.31 Å². The van der Waals surface area contributed by atoms with Gasteiger partial charge in [0.05, 0.1) is 11.2 Å². The fourth-order valence-electron chi connectivity index (χ4n) is 2.74. The molecule has 162 valence electrons. The van der Waals surface area contributed by atoms with Gasteiger partial charge in [0, 0.05) is 11.2 Å². The molecule has 3 rings (SSSR count). The molecule has 0 saturated carbocycles. The van der Waals surface area contributed by atoms with Crippen molar-refractivity contribution in [1.29, 1.82) is 0 Å². The van der Waals surface area contributed by atoms with Gasteiger partial charge in [0.1, 0.15) is 17.3 Å². The fourth-order valence-corrected chi connectivity index (χ4v) is 2.74. The first kappa shape index (κ1) is 22.3. The van der Waals surface area contributed by atoms with Gasteiger partial charge < -0.3 is 19.4 Å². The maximum Gasteiger partial charge on any atom is 0.498 e. The molecule has 0 bridgehead atoms. The molecule has 1 aromatic heterocycles. The lowest BCUT2D eigenvalue weighted by Crippen LogP contribution is -2.41. The number of anilines is 2. The second kappa shape index (κ2) is 7.70. The maximum absolute atomic E-state index is 13.2. The van der Waals surface area contributed by atoms with E-state index in [0.29, 0.717) is 5.69 Å². The van der Waals surface area contributed by atoms with E-state index in [1.807, 2.05) is 27.7 Å². The lowest BCUT2D eigenvalue weighted by atomic mass is 9.79. The van der Waals surface area contributed by atoms with Crippen molar-refractivity contribution in [1.82, 2.24) is 4.98 Å². The van der Waals surface area contributed by atoms with Crippen LogP contribution in [0.15, 0.2) is 36.4 Å². The predicted molar refractivity (Wildman–Crippen MR) is 101 cm³/mol. The van der Waals surface area contributed by atoms with Gasteiger partial charge in [-0.05, 0) is 58.0 Å². The van der Waals surface area contributed by atoms with Gasteiger partial charge in [-0.25, -0.2) is 4.98 Å². The number of pyridine rings is 1. The molecule has 11 heteroatoms. The van der Waals surface area contributed by atoms with Gasteiger partial charge in [0.15, 0.2) is 0 Å². The first-order valence-corrected chi connectivity index (χ1v) is 9.04. The second-order valence-electron chi connectivity index (χ2n) is 7.75. The van der Waals surface area contributed by atoms with Crippen molar-refractivity contribution in [3.8, 4) is 5.75 Å². The van der Waals surface area contributed by atoms with Gasteiger partial charge in [-0.3, -0.25) is 0 Å². The number of hydrogen-bond acceptors (Lipinski definition) is 5. The molecule has 2 aromatic rings. The van der Waals surface area contributed by atoms with Gasteiger partial charge in [0.2, 0.25) is 0 Å². The highest BCUT2D eigenvalue weighted by molar-refractivity contribution is 6.63. The summed E-state index contributed by atoms with van der Waals surface area (Å²) in [6.07, 6.45) is -4.65. The lowest BCUT2D eigenvalue weighted by Gasteiger charge is -2.32. The third-order valence-corrected chi connectivity index (χ3v) is 5.07. The zero-order valence-corrected chi connectivity index (χ0v) is 16.7. The molecule has 0 unspecified atom stereocenters. The Labute approximate surface area is 170 Å². The number of alkyl halides is 5. The fraction of sp³-hybridized carbons (Fsp3) is 0.421. The molecule has 2 heterocycles. The number of nitrogens with one attached hydrogen (secondary N) is 1. The van der Waals surface area contributed by atoms with E-state index in [1.165, 1.54) is 30.3 Å². The highest BCUT2D eigenvalue weighted by Gasteiger charge is 2.52. The van der Waals surface area contributed by atoms with Crippen molar-refractivity contribution < 1.29 is 36.0 Å². The van der Waals surface area contributed by atoms with E-state index in [2.05, 4.69) is 15.0 Å². The summed E-state index contributed by atoms with van der Waals surface area (Å²) in [5, 5.41) is 2.78. The van der Waals surface area contributed by atoms with Crippen LogP contribution in [-0.2, 0) is 15.5 Å². The van der Waals surface area contributed by atoms with Crippen LogP contribution in [0.5, 0.6) is 5.75 Å². The Morgan fingerprint density at radius 1 is 0.967 bits per heavy atom. The lowest BCUT2D eigenvalue weighted by molar-refractivity contribution is -0.141. The standard InChI is InChI=1S/C19H20BF5N2O3/c1-17(2)18(3,4)30-20(29-17)13-9-10-14(19(23,24)25)27-15(13)26-11-5-7-12(8-6-11)28-16(21)22/h5-10,16H,1-4H3,(H,26,27). The third kappa shape index (κ3) is 4.67. The van der Waals surface area contributed by atoms with Crippen molar-refractivity contribution in [3.63, 3.8) is 0 Å². The molecular weight excluding hydrogens is 410 g/mol. The minimum Gasteiger partial charge on any atom is -0.435 e. The highest BCUT2D eigenvalue weighted by atomic mass is 19.4. The number of hydrogen-bond donors (Lipinski definition) is 1. The number of halogens is 5. The summed E-state index contributed by atoms with van der Waals surface area (Å²) in [4.78, 5) is 3.70.